The smallest absolute Gasteiger partial charge is 0.309 e. The SMILES string of the molecule is CCOC(=O)C1CCN(C(=NC)NCCc2ccc(NC(C)=O)cc2)CC1. The van der Waals surface area contributed by atoms with E-state index in [1.807, 2.05) is 31.2 Å². The Morgan fingerprint density at radius 3 is 2.44 bits per heavy atom. The zero-order valence-corrected chi connectivity index (χ0v) is 16.5. The normalized spacial score (nSPS) is 15.4. The molecule has 7 heteroatoms. The van der Waals surface area contributed by atoms with Crippen molar-refractivity contribution in [3.05, 3.63) is 29.8 Å². The standard InChI is InChI=1S/C20H30N4O3/c1-4-27-19(26)17-10-13-24(14-11-17)20(21-3)22-12-9-16-5-7-18(8-6-16)23-15(2)25/h5-8,17H,4,9-14H2,1-3H3,(H,21,22)(H,23,25). The Labute approximate surface area is 161 Å². The molecule has 1 fully saturated rings. The van der Waals surface area contributed by atoms with Gasteiger partial charge in [0.1, 0.15) is 0 Å². The summed E-state index contributed by atoms with van der Waals surface area (Å²) >= 11 is 0. The molecule has 0 bridgehead atoms. The molecule has 0 aromatic heterocycles. The van der Waals surface area contributed by atoms with E-state index in [1.165, 1.54) is 12.5 Å². The van der Waals surface area contributed by atoms with Gasteiger partial charge in [-0.25, -0.2) is 0 Å². The Balaban J connectivity index is 1.76. The fraction of sp³-hybridized carbons (Fsp3) is 0.550. The van der Waals surface area contributed by atoms with Crippen molar-refractivity contribution in [2.24, 2.45) is 10.9 Å². The van der Waals surface area contributed by atoms with Gasteiger partial charge in [0.05, 0.1) is 12.5 Å². The van der Waals surface area contributed by atoms with Gasteiger partial charge in [0.15, 0.2) is 5.96 Å². The van der Waals surface area contributed by atoms with Crippen LogP contribution in [0, 0.1) is 5.92 Å². The molecule has 1 amide bonds. The summed E-state index contributed by atoms with van der Waals surface area (Å²) in [5, 5.41) is 6.16. The Morgan fingerprint density at radius 2 is 1.89 bits per heavy atom. The third-order valence-electron chi connectivity index (χ3n) is 4.60. The fourth-order valence-electron chi connectivity index (χ4n) is 3.20. The van der Waals surface area contributed by atoms with Gasteiger partial charge >= 0.3 is 5.97 Å². The Kier molecular flexibility index (Phi) is 8.10. The molecule has 0 spiro atoms. The van der Waals surface area contributed by atoms with Crippen LogP contribution in [0.4, 0.5) is 5.69 Å². The molecule has 27 heavy (non-hydrogen) atoms. The molecule has 1 aromatic rings. The van der Waals surface area contributed by atoms with E-state index in [4.69, 9.17) is 4.74 Å². The number of nitrogens with zero attached hydrogens (tertiary/aromatic N) is 2. The number of amides is 1. The molecule has 0 aliphatic carbocycles. The predicted octanol–water partition coefficient (Wildman–Crippen LogP) is 2.04. The van der Waals surface area contributed by atoms with Crippen molar-refractivity contribution in [3.8, 4) is 0 Å². The van der Waals surface area contributed by atoms with Crippen molar-refractivity contribution in [2.75, 3.05) is 38.6 Å². The Morgan fingerprint density at radius 1 is 1.22 bits per heavy atom. The maximum atomic E-state index is 11.8. The zero-order chi connectivity index (χ0) is 19.6. The summed E-state index contributed by atoms with van der Waals surface area (Å²) in [6.07, 6.45) is 2.45. The van der Waals surface area contributed by atoms with Gasteiger partial charge in [-0.1, -0.05) is 12.1 Å². The first-order valence-corrected chi connectivity index (χ1v) is 9.52. The molecule has 0 radical (unpaired) electrons. The van der Waals surface area contributed by atoms with E-state index in [0.717, 1.165) is 50.5 Å². The molecule has 1 heterocycles. The number of aliphatic imine (C=N–C) groups is 1. The minimum absolute atomic E-state index is 0.00133. The van der Waals surface area contributed by atoms with E-state index >= 15 is 0 Å². The molecular formula is C20H30N4O3. The number of rotatable bonds is 6. The van der Waals surface area contributed by atoms with E-state index < -0.39 is 0 Å². The maximum absolute atomic E-state index is 11.8. The van der Waals surface area contributed by atoms with Crippen LogP contribution in [0.2, 0.25) is 0 Å². The van der Waals surface area contributed by atoms with E-state index in [2.05, 4.69) is 20.5 Å². The molecule has 1 aliphatic heterocycles. The van der Waals surface area contributed by atoms with Gasteiger partial charge in [-0.2, -0.15) is 0 Å². The Hall–Kier alpha value is -2.57. The lowest BCUT2D eigenvalue weighted by molar-refractivity contribution is -0.149. The topological polar surface area (TPSA) is 83.0 Å². The first-order chi connectivity index (χ1) is 13.0. The van der Waals surface area contributed by atoms with E-state index in [0.29, 0.717) is 6.61 Å². The average molecular weight is 374 g/mol. The second-order valence-corrected chi connectivity index (χ2v) is 6.62. The predicted molar refractivity (Wildman–Crippen MR) is 107 cm³/mol. The number of ether oxygens (including phenoxy) is 1. The number of anilines is 1. The van der Waals surface area contributed by atoms with Crippen molar-refractivity contribution in [3.63, 3.8) is 0 Å². The molecule has 1 aliphatic rings. The molecule has 0 saturated carbocycles. The van der Waals surface area contributed by atoms with Crippen LogP contribution in [0.15, 0.2) is 29.3 Å². The van der Waals surface area contributed by atoms with Gasteiger partial charge in [-0.05, 0) is 43.9 Å². The molecular weight excluding hydrogens is 344 g/mol. The number of likely N-dealkylation sites (tertiary alicyclic amines) is 1. The number of hydrogen-bond donors (Lipinski definition) is 2. The van der Waals surface area contributed by atoms with Crippen LogP contribution < -0.4 is 10.6 Å². The summed E-state index contributed by atoms with van der Waals surface area (Å²) in [7, 11) is 1.78. The minimum atomic E-state index is -0.0807. The largest absolute Gasteiger partial charge is 0.466 e. The number of nitrogens with one attached hydrogen (secondary N) is 2. The molecule has 1 aromatic carbocycles. The van der Waals surface area contributed by atoms with Gasteiger partial charge in [0.2, 0.25) is 5.91 Å². The summed E-state index contributed by atoms with van der Waals surface area (Å²) in [5.41, 5.74) is 1.99. The third kappa shape index (κ3) is 6.58. The van der Waals surface area contributed by atoms with Gasteiger partial charge in [0.25, 0.3) is 0 Å². The van der Waals surface area contributed by atoms with Crippen molar-refractivity contribution < 1.29 is 14.3 Å². The number of benzene rings is 1. The van der Waals surface area contributed by atoms with Gasteiger partial charge in [-0.3, -0.25) is 14.6 Å². The van der Waals surface area contributed by atoms with Gasteiger partial charge in [0, 0.05) is 39.3 Å². The van der Waals surface area contributed by atoms with Crippen LogP contribution in [-0.4, -0.2) is 56.0 Å². The summed E-state index contributed by atoms with van der Waals surface area (Å²) in [6, 6.07) is 7.85. The molecule has 0 unspecified atom stereocenters. The first kappa shape index (κ1) is 20.7. The molecule has 7 nitrogen and oxygen atoms in total. The molecule has 148 valence electrons. The van der Waals surface area contributed by atoms with Crippen LogP contribution in [0.25, 0.3) is 0 Å². The number of carbonyl (C=O) groups excluding carboxylic acids is 2. The highest BCUT2D eigenvalue weighted by atomic mass is 16.5. The van der Waals surface area contributed by atoms with E-state index in [1.54, 1.807) is 7.05 Å². The quantitative estimate of drug-likeness (QED) is 0.452. The number of piperidine rings is 1. The lowest BCUT2D eigenvalue weighted by Gasteiger charge is -2.33. The highest BCUT2D eigenvalue weighted by Crippen LogP contribution is 2.18. The van der Waals surface area contributed by atoms with Gasteiger partial charge in [-0.15, -0.1) is 0 Å². The summed E-state index contributed by atoms with van der Waals surface area (Å²) in [4.78, 5) is 29.5. The maximum Gasteiger partial charge on any atom is 0.309 e. The first-order valence-electron chi connectivity index (χ1n) is 9.52. The lowest BCUT2D eigenvalue weighted by atomic mass is 9.97. The molecule has 2 rings (SSSR count). The van der Waals surface area contributed by atoms with Crippen LogP contribution in [0.3, 0.4) is 0 Å². The third-order valence-corrected chi connectivity index (χ3v) is 4.60. The summed E-state index contributed by atoms with van der Waals surface area (Å²) in [6.45, 7) is 6.15. The van der Waals surface area contributed by atoms with Crippen molar-refractivity contribution in [2.45, 2.75) is 33.1 Å². The monoisotopic (exact) mass is 374 g/mol. The molecule has 0 atom stereocenters. The number of carbonyl (C=O) groups is 2. The highest BCUT2D eigenvalue weighted by Gasteiger charge is 2.27. The number of hydrogen-bond acceptors (Lipinski definition) is 4. The van der Waals surface area contributed by atoms with Crippen LogP contribution >= 0.6 is 0 Å². The summed E-state index contributed by atoms with van der Waals surface area (Å²) in [5.74, 6) is 0.719. The fourth-order valence-corrected chi connectivity index (χ4v) is 3.20. The van der Waals surface area contributed by atoms with Gasteiger partial charge < -0.3 is 20.3 Å². The lowest BCUT2D eigenvalue weighted by Crippen LogP contribution is -2.47. The van der Waals surface area contributed by atoms with Crippen LogP contribution in [0.1, 0.15) is 32.3 Å². The Bertz CT molecular complexity index is 650. The number of esters is 1. The average Bonchev–Trinajstić information content (AvgIpc) is 2.66. The summed E-state index contributed by atoms with van der Waals surface area (Å²) < 4.78 is 5.12. The van der Waals surface area contributed by atoms with Crippen LogP contribution in [0.5, 0.6) is 0 Å². The second-order valence-electron chi connectivity index (χ2n) is 6.62. The minimum Gasteiger partial charge on any atom is -0.466 e. The van der Waals surface area contributed by atoms with E-state index in [-0.39, 0.29) is 17.8 Å². The van der Waals surface area contributed by atoms with Crippen molar-refractivity contribution in [1.82, 2.24) is 10.2 Å². The second kappa shape index (κ2) is 10.5. The van der Waals surface area contributed by atoms with Crippen molar-refractivity contribution >= 4 is 23.5 Å². The van der Waals surface area contributed by atoms with Crippen molar-refractivity contribution in [1.29, 1.82) is 0 Å². The molecule has 2 N–H and O–H groups in total. The molecule has 1 saturated heterocycles. The zero-order valence-electron chi connectivity index (χ0n) is 16.5. The van der Waals surface area contributed by atoms with E-state index in [9.17, 15) is 9.59 Å². The highest BCUT2D eigenvalue weighted by molar-refractivity contribution is 5.88. The number of guanidine groups is 1. The van der Waals surface area contributed by atoms with Crippen LogP contribution in [-0.2, 0) is 20.7 Å².